The van der Waals surface area contributed by atoms with Gasteiger partial charge in [0.25, 0.3) is 0 Å². The lowest BCUT2D eigenvalue weighted by Crippen LogP contribution is -2.05. The van der Waals surface area contributed by atoms with Crippen molar-refractivity contribution in [3.63, 3.8) is 0 Å². The zero-order chi connectivity index (χ0) is 12.5. The van der Waals surface area contributed by atoms with Gasteiger partial charge in [0.05, 0.1) is 12.2 Å². The molecule has 0 aliphatic rings. The molecular weight excluding hydrogens is 230 g/mol. The number of pyridine rings is 1. The Morgan fingerprint density at radius 2 is 2.17 bits per heavy atom. The lowest BCUT2D eigenvalue weighted by atomic mass is 10.3. The van der Waals surface area contributed by atoms with Gasteiger partial charge in [-0.05, 0) is 31.5 Å². The molecule has 0 radical (unpaired) electrons. The number of anilines is 1. The second kappa shape index (κ2) is 4.14. The molecule has 0 saturated heterocycles. The van der Waals surface area contributed by atoms with E-state index in [0.29, 0.717) is 6.54 Å². The van der Waals surface area contributed by atoms with Crippen molar-refractivity contribution >= 4 is 11.5 Å². The largest absolute Gasteiger partial charge is 0.363 e. The minimum Gasteiger partial charge on any atom is -0.363 e. The van der Waals surface area contributed by atoms with Gasteiger partial charge in [0.1, 0.15) is 12.1 Å². The average Bonchev–Trinajstić information content (AvgIpc) is 2.94. The van der Waals surface area contributed by atoms with Crippen LogP contribution in [0.1, 0.15) is 17.0 Å². The molecule has 0 aromatic carbocycles. The Balaban J connectivity index is 1.87. The van der Waals surface area contributed by atoms with Gasteiger partial charge < -0.3 is 9.84 Å². The van der Waals surface area contributed by atoms with E-state index in [1.54, 1.807) is 10.8 Å². The molecule has 0 spiro atoms. The third-order valence-corrected chi connectivity index (χ3v) is 2.64. The molecule has 3 aromatic heterocycles. The van der Waals surface area contributed by atoms with Gasteiger partial charge in [-0.2, -0.15) is 9.61 Å². The van der Waals surface area contributed by atoms with Gasteiger partial charge in [-0.15, -0.1) is 0 Å². The van der Waals surface area contributed by atoms with Crippen LogP contribution in [-0.4, -0.2) is 19.8 Å². The number of nitrogens with one attached hydrogen (secondary N) is 1. The molecule has 0 fully saturated rings. The minimum atomic E-state index is 0.569. The van der Waals surface area contributed by atoms with Crippen molar-refractivity contribution in [3.05, 3.63) is 41.5 Å². The van der Waals surface area contributed by atoms with Crippen molar-refractivity contribution in [1.29, 1.82) is 0 Å². The number of hydrogen-bond donors (Lipinski definition) is 1. The van der Waals surface area contributed by atoms with Crippen LogP contribution in [0.25, 0.3) is 5.65 Å². The molecule has 3 aromatic rings. The lowest BCUT2D eigenvalue weighted by Gasteiger charge is -2.07. The van der Waals surface area contributed by atoms with Gasteiger partial charge in [-0.1, -0.05) is 5.16 Å². The SMILES string of the molecule is Cc1cc(NCc2cc(C)no2)n2ncnc2c1. The first-order valence-corrected chi connectivity index (χ1v) is 5.69. The molecule has 0 bridgehead atoms. The number of aryl methyl sites for hydroxylation is 2. The highest BCUT2D eigenvalue weighted by atomic mass is 16.5. The fraction of sp³-hybridized carbons (Fsp3) is 0.250. The van der Waals surface area contributed by atoms with Crippen LogP contribution in [0.2, 0.25) is 0 Å². The highest BCUT2D eigenvalue weighted by Crippen LogP contribution is 2.14. The van der Waals surface area contributed by atoms with Gasteiger partial charge in [0, 0.05) is 6.07 Å². The van der Waals surface area contributed by atoms with Crippen LogP contribution in [-0.2, 0) is 6.54 Å². The third kappa shape index (κ3) is 1.92. The topological polar surface area (TPSA) is 68.2 Å². The average molecular weight is 243 g/mol. The normalized spacial score (nSPS) is 11.0. The molecule has 1 N–H and O–H groups in total. The van der Waals surface area contributed by atoms with Crippen LogP contribution in [0.3, 0.4) is 0 Å². The van der Waals surface area contributed by atoms with Gasteiger partial charge in [-0.25, -0.2) is 4.98 Å². The number of hydrogen-bond acceptors (Lipinski definition) is 5. The van der Waals surface area contributed by atoms with Crippen molar-refractivity contribution in [1.82, 2.24) is 19.8 Å². The van der Waals surface area contributed by atoms with Gasteiger partial charge >= 0.3 is 0 Å². The smallest absolute Gasteiger partial charge is 0.157 e. The third-order valence-electron chi connectivity index (χ3n) is 2.64. The van der Waals surface area contributed by atoms with Crippen LogP contribution >= 0.6 is 0 Å². The highest BCUT2D eigenvalue weighted by Gasteiger charge is 2.05. The molecular formula is C12H13N5O. The minimum absolute atomic E-state index is 0.569. The summed E-state index contributed by atoms with van der Waals surface area (Å²) in [5, 5.41) is 11.3. The van der Waals surface area contributed by atoms with Crippen molar-refractivity contribution < 1.29 is 4.52 Å². The fourth-order valence-electron chi connectivity index (χ4n) is 1.86. The summed E-state index contributed by atoms with van der Waals surface area (Å²) in [4.78, 5) is 4.18. The predicted octanol–water partition coefficient (Wildman–Crippen LogP) is 1.95. The summed E-state index contributed by atoms with van der Waals surface area (Å²) in [6.07, 6.45) is 1.54. The number of rotatable bonds is 3. The van der Waals surface area contributed by atoms with Crippen molar-refractivity contribution in [2.45, 2.75) is 20.4 Å². The van der Waals surface area contributed by atoms with E-state index in [1.165, 1.54) is 0 Å². The molecule has 3 rings (SSSR count). The quantitative estimate of drug-likeness (QED) is 0.761. The second-order valence-electron chi connectivity index (χ2n) is 4.24. The second-order valence-corrected chi connectivity index (χ2v) is 4.24. The Kier molecular flexibility index (Phi) is 2.47. The maximum atomic E-state index is 5.15. The van der Waals surface area contributed by atoms with E-state index in [4.69, 9.17) is 4.52 Å². The first-order chi connectivity index (χ1) is 8.72. The molecule has 6 nitrogen and oxygen atoms in total. The molecule has 18 heavy (non-hydrogen) atoms. The van der Waals surface area contributed by atoms with E-state index in [1.807, 2.05) is 32.0 Å². The van der Waals surface area contributed by atoms with Crippen molar-refractivity contribution in [2.75, 3.05) is 5.32 Å². The molecule has 3 heterocycles. The summed E-state index contributed by atoms with van der Waals surface area (Å²) in [5.41, 5.74) is 2.83. The van der Waals surface area contributed by atoms with E-state index in [2.05, 4.69) is 20.6 Å². The van der Waals surface area contributed by atoms with Gasteiger partial charge in [-0.3, -0.25) is 0 Å². The summed E-state index contributed by atoms with van der Waals surface area (Å²) in [5.74, 6) is 1.68. The Labute approximate surface area is 104 Å². The van der Waals surface area contributed by atoms with E-state index in [0.717, 1.165) is 28.5 Å². The van der Waals surface area contributed by atoms with Crippen molar-refractivity contribution in [2.24, 2.45) is 0 Å². The van der Waals surface area contributed by atoms with Crippen LogP contribution in [0.4, 0.5) is 5.82 Å². The van der Waals surface area contributed by atoms with Crippen LogP contribution < -0.4 is 5.32 Å². The first-order valence-electron chi connectivity index (χ1n) is 5.69. The summed E-state index contributed by atoms with van der Waals surface area (Å²) < 4.78 is 6.91. The van der Waals surface area contributed by atoms with E-state index in [-0.39, 0.29) is 0 Å². The molecule has 0 aliphatic carbocycles. The van der Waals surface area contributed by atoms with E-state index >= 15 is 0 Å². The van der Waals surface area contributed by atoms with Crippen LogP contribution in [0, 0.1) is 13.8 Å². The van der Waals surface area contributed by atoms with Crippen molar-refractivity contribution in [3.8, 4) is 0 Å². The monoisotopic (exact) mass is 243 g/mol. The van der Waals surface area contributed by atoms with E-state index < -0.39 is 0 Å². The summed E-state index contributed by atoms with van der Waals surface area (Å²) in [6.45, 7) is 4.49. The molecule has 92 valence electrons. The number of fused-ring (bicyclic) bond motifs is 1. The zero-order valence-electron chi connectivity index (χ0n) is 10.2. The highest BCUT2D eigenvalue weighted by molar-refractivity contribution is 5.51. The molecule has 0 atom stereocenters. The lowest BCUT2D eigenvalue weighted by molar-refractivity contribution is 0.384. The standard InChI is InChI=1S/C12H13N5O/c1-8-3-11(17-12(4-8)14-7-15-17)13-6-10-5-9(2)16-18-10/h3-5,7,13H,6H2,1-2H3. The summed E-state index contributed by atoms with van der Waals surface area (Å²) in [7, 11) is 0. The van der Waals surface area contributed by atoms with Gasteiger partial charge in [0.2, 0.25) is 0 Å². The van der Waals surface area contributed by atoms with Crippen LogP contribution in [0.15, 0.2) is 29.0 Å². The maximum Gasteiger partial charge on any atom is 0.157 e. The molecule has 0 unspecified atom stereocenters. The molecule has 0 amide bonds. The zero-order valence-corrected chi connectivity index (χ0v) is 10.2. The Morgan fingerprint density at radius 1 is 1.28 bits per heavy atom. The fourth-order valence-corrected chi connectivity index (χ4v) is 1.86. The number of nitrogens with zero attached hydrogens (tertiary/aromatic N) is 4. The molecule has 0 saturated carbocycles. The molecule has 6 heteroatoms. The first kappa shape index (κ1) is 10.8. The number of aromatic nitrogens is 4. The Morgan fingerprint density at radius 3 is 2.94 bits per heavy atom. The maximum absolute atomic E-state index is 5.15. The Bertz CT molecular complexity index is 685. The van der Waals surface area contributed by atoms with E-state index in [9.17, 15) is 0 Å². The van der Waals surface area contributed by atoms with Gasteiger partial charge in [0.15, 0.2) is 11.4 Å². The van der Waals surface area contributed by atoms with Crippen LogP contribution in [0.5, 0.6) is 0 Å². The summed E-state index contributed by atoms with van der Waals surface area (Å²) in [6, 6.07) is 5.91. The Hall–Kier alpha value is -2.37. The molecule has 0 aliphatic heterocycles. The summed E-state index contributed by atoms with van der Waals surface area (Å²) >= 11 is 0. The predicted molar refractivity (Wildman–Crippen MR) is 66.3 cm³/mol.